The summed E-state index contributed by atoms with van der Waals surface area (Å²) in [7, 11) is 0. The molecule has 6 nitrogen and oxygen atoms in total. The molecule has 0 saturated heterocycles. The highest BCUT2D eigenvalue weighted by Crippen LogP contribution is 2.58. The fraction of sp³-hybridized carbons (Fsp3) is 0. The molecule has 0 radical (unpaired) electrons. The Kier molecular flexibility index (Phi) is 6.11. The van der Waals surface area contributed by atoms with Crippen LogP contribution in [0, 0.1) is 0 Å². The molecular formula is C49H29N3O3. The van der Waals surface area contributed by atoms with Crippen LogP contribution in [0.2, 0.25) is 0 Å². The quantitative estimate of drug-likeness (QED) is 0.198. The Morgan fingerprint density at radius 2 is 0.855 bits per heavy atom. The first-order valence-corrected chi connectivity index (χ1v) is 18.4. The monoisotopic (exact) mass is 707 g/mol. The number of aromatic nitrogens is 1. The molecule has 0 atom stereocenters. The highest BCUT2D eigenvalue weighted by molar-refractivity contribution is 6.28. The summed E-state index contributed by atoms with van der Waals surface area (Å²) < 4.78 is 12.8. The van der Waals surface area contributed by atoms with Gasteiger partial charge in [-0.25, -0.2) is 0 Å². The van der Waals surface area contributed by atoms with Crippen molar-refractivity contribution >= 4 is 61.7 Å². The third-order valence-electron chi connectivity index (χ3n) is 11.1. The highest BCUT2D eigenvalue weighted by Gasteiger charge is 2.39. The summed E-state index contributed by atoms with van der Waals surface area (Å²) >= 11 is 0. The number of H-pyrrole nitrogens is 1. The molecule has 9 aromatic rings. The van der Waals surface area contributed by atoms with Gasteiger partial charge in [0, 0.05) is 32.9 Å². The molecule has 0 fully saturated rings. The maximum absolute atomic E-state index is 15.3. The smallest absolute Gasteiger partial charge is 0.196 e. The van der Waals surface area contributed by atoms with Gasteiger partial charge in [-0.2, -0.15) is 0 Å². The van der Waals surface area contributed by atoms with Gasteiger partial charge in [0.2, 0.25) is 0 Å². The Morgan fingerprint density at radius 3 is 1.45 bits per heavy atom. The van der Waals surface area contributed by atoms with Crippen LogP contribution in [0.1, 0.15) is 15.9 Å². The molecule has 3 aliphatic rings. The lowest BCUT2D eigenvalue weighted by Gasteiger charge is -2.36. The number of nitrogens with zero attached hydrogens (tertiary/aromatic N) is 2. The molecule has 0 unspecified atom stereocenters. The van der Waals surface area contributed by atoms with Crippen molar-refractivity contribution in [3.63, 3.8) is 0 Å². The van der Waals surface area contributed by atoms with Crippen LogP contribution in [0.5, 0.6) is 23.0 Å². The van der Waals surface area contributed by atoms with Crippen molar-refractivity contribution in [3.8, 4) is 45.3 Å². The van der Waals surface area contributed by atoms with Gasteiger partial charge in [0.15, 0.2) is 28.8 Å². The predicted octanol–water partition coefficient (Wildman–Crippen LogP) is 13.4. The first kappa shape index (κ1) is 29.9. The van der Waals surface area contributed by atoms with Crippen molar-refractivity contribution in [1.29, 1.82) is 0 Å². The zero-order valence-electron chi connectivity index (χ0n) is 29.3. The molecule has 0 bridgehead atoms. The molecular weight excluding hydrogens is 679 g/mol. The van der Waals surface area contributed by atoms with E-state index in [1.165, 1.54) is 5.39 Å². The van der Waals surface area contributed by atoms with Crippen molar-refractivity contribution < 1.29 is 14.3 Å². The van der Waals surface area contributed by atoms with Crippen LogP contribution in [0.4, 0.5) is 34.1 Å². The Morgan fingerprint density at radius 1 is 0.382 bits per heavy atom. The Bertz CT molecular complexity index is 3020. The van der Waals surface area contributed by atoms with E-state index in [0.717, 1.165) is 95.8 Å². The molecule has 1 aliphatic carbocycles. The number of carbonyl (C=O) groups excluding carboxylic acids is 1. The van der Waals surface area contributed by atoms with Crippen molar-refractivity contribution in [2.24, 2.45) is 0 Å². The van der Waals surface area contributed by atoms with E-state index in [1.807, 2.05) is 91.0 Å². The van der Waals surface area contributed by atoms with E-state index in [9.17, 15) is 0 Å². The number of hydrogen-bond donors (Lipinski definition) is 1. The first-order chi connectivity index (χ1) is 27.2. The molecule has 6 heteroatoms. The second-order valence-corrected chi connectivity index (χ2v) is 14.1. The van der Waals surface area contributed by atoms with E-state index in [2.05, 4.69) is 93.6 Å². The number of aromatic amines is 1. The number of ether oxygens (including phenoxy) is 2. The number of hydrogen-bond acceptors (Lipinski definition) is 5. The molecule has 3 heterocycles. The zero-order chi connectivity index (χ0) is 36.2. The largest absolute Gasteiger partial charge is 0.453 e. The van der Waals surface area contributed by atoms with Gasteiger partial charge < -0.3 is 24.3 Å². The molecule has 55 heavy (non-hydrogen) atoms. The molecule has 1 N–H and O–H groups in total. The van der Waals surface area contributed by atoms with Crippen molar-refractivity contribution in [3.05, 3.63) is 181 Å². The van der Waals surface area contributed by atoms with E-state index in [4.69, 9.17) is 9.47 Å². The summed E-state index contributed by atoms with van der Waals surface area (Å²) in [6.45, 7) is 0. The van der Waals surface area contributed by atoms with Crippen molar-refractivity contribution in [1.82, 2.24) is 4.98 Å². The normalized spacial score (nSPS) is 13.3. The van der Waals surface area contributed by atoms with Crippen LogP contribution in [-0.4, -0.2) is 10.8 Å². The van der Waals surface area contributed by atoms with Crippen LogP contribution in [0.3, 0.4) is 0 Å². The van der Waals surface area contributed by atoms with Gasteiger partial charge in [-0.3, -0.25) is 4.79 Å². The average molecular weight is 708 g/mol. The number of benzene rings is 8. The van der Waals surface area contributed by atoms with Gasteiger partial charge in [0.1, 0.15) is 0 Å². The third-order valence-corrected chi connectivity index (χ3v) is 11.1. The topological polar surface area (TPSA) is 57.8 Å². The molecule has 1 aromatic heterocycles. The van der Waals surface area contributed by atoms with E-state index in [1.54, 1.807) is 0 Å². The van der Waals surface area contributed by atoms with Crippen LogP contribution in [0.25, 0.3) is 44.1 Å². The van der Waals surface area contributed by atoms with Crippen LogP contribution in [0.15, 0.2) is 170 Å². The second kappa shape index (κ2) is 11.2. The zero-order valence-corrected chi connectivity index (χ0v) is 29.3. The van der Waals surface area contributed by atoms with Crippen LogP contribution >= 0.6 is 0 Å². The molecule has 8 aromatic carbocycles. The molecule has 258 valence electrons. The fourth-order valence-corrected chi connectivity index (χ4v) is 8.68. The lowest BCUT2D eigenvalue weighted by molar-refractivity contribution is 0.104. The SMILES string of the molecule is O=C1c2cc(-c3ccc4[nH]c5ccccc5c4c3)ccc2-c2c(N3c4ccccc4Oc4ccccc43)ccc(N3c4ccccc4Oc4ccccc43)c21. The molecule has 2 aliphatic heterocycles. The van der Waals surface area contributed by atoms with Crippen molar-refractivity contribution in [2.75, 3.05) is 9.80 Å². The van der Waals surface area contributed by atoms with Gasteiger partial charge in [-0.1, -0.05) is 84.9 Å². The number of carbonyl (C=O) groups is 1. The highest BCUT2D eigenvalue weighted by atomic mass is 16.5. The second-order valence-electron chi connectivity index (χ2n) is 14.1. The molecule has 12 rings (SSSR count). The Labute approximate surface area is 316 Å². The summed E-state index contributed by atoms with van der Waals surface area (Å²) in [5, 5.41) is 2.33. The van der Waals surface area contributed by atoms with E-state index in [-0.39, 0.29) is 5.78 Å². The molecule has 0 saturated carbocycles. The number of para-hydroxylation sites is 9. The van der Waals surface area contributed by atoms with Gasteiger partial charge in [-0.05, 0) is 102 Å². The summed E-state index contributed by atoms with van der Waals surface area (Å²) in [4.78, 5) is 23.3. The number of rotatable bonds is 3. The minimum atomic E-state index is -0.0202. The summed E-state index contributed by atoms with van der Waals surface area (Å²) in [6, 6.07) is 57.6. The summed E-state index contributed by atoms with van der Waals surface area (Å²) in [5.41, 5.74) is 12.6. The summed E-state index contributed by atoms with van der Waals surface area (Å²) in [6.07, 6.45) is 0. The number of fused-ring (bicyclic) bond motifs is 10. The average Bonchev–Trinajstić information content (AvgIpc) is 3.76. The number of ketones is 1. The van der Waals surface area contributed by atoms with Gasteiger partial charge in [0.05, 0.1) is 39.7 Å². The number of nitrogens with one attached hydrogen (secondary N) is 1. The van der Waals surface area contributed by atoms with Gasteiger partial charge >= 0.3 is 0 Å². The van der Waals surface area contributed by atoms with Gasteiger partial charge in [-0.15, -0.1) is 0 Å². The predicted molar refractivity (Wildman–Crippen MR) is 220 cm³/mol. The van der Waals surface area contributed by atoms with E-state index < -0.39 is 0 Å². The van der Waals surface area contributed by atoms with E-state index in [0.29, 0.717) is 11.1 Å². The maximum Gasteiger partial charge on any atom is 0.196 e. The Balaban J connectivity index is 1.11. The standard InChI is InChI=1S/C49H29N3O3/c53-49-34-28-29(30-22-24-36-33(27-30)31-11-1-2-12-35(31)50-36)21-23-32(34)47-41(51-37-13-3-7-17-43(37)54-44-18-8-4-14-38(44)51)25-26-42(48(47)49)52-39-15-5-9-19-45(39)55-46-20-10-6-16-40(46)52/h1-28,50H. The van der Waals surface area contributed by atoms with Crippen LogP contribution in [-0.2, 0) is 0 Å². The fourth-order valence-electron chi connectivity index (χ4n) is 8.68. The minimum absolute atomic E-state index is 0.0202. The van der Waals surface area contributed by atoms with Gasteiger partial charge in [0.25, 0.3) is 0 Å². The lowest BCUT2D eigenvalue weighted by atomic mass is 9.96. The molecule has 0 spiro atoms. The maximum atomic E-state index is 15.3. The van der Waals surface area contributed by atoms with E-state index >= 15 is 4.79 Å². The Hall–Kier alpha value is -7.57. The van der Waals surface area contributed by atoms with Crippen LogP contribution < -0.4 is 19.3 Å². The van der Waals surface area contributed by atoms with Crippen molar-refractivity contribution in [2.45, 2.75) is 0 Å². The minimum Gasteiger partial charge on any atom is -0.453 e. The lowest BCUT2D eigenvalue weighted by Crippen LogP contribution is -2.20. The molecule has 0 amide bonds. The first-order valence-electron chi connectivity index (χ1n) is 18.4. The number of anilines is 6. The summed E-state index contributed by atoms with van der Waals surface area (Å²) in [5.74, 6) is 2.94. The third kappa shape index (κ3) is 4.27.